The third kappa shape index (κ3) is 5.94. The first-order chi connectivity index (χ1) is 16.1. The Morgan fingerprint density at radius 3 is 2.70 bits per heavy atom. The van der Waals surface area contributed by atoms with Crippen molar-refractivity contribution in [2.24, 2.45) is 0 Å². The van der Waals surface area contributed by atoms with E-state index >= 15 is 0 Å². The molecule has 33 heavy (non-hydrogen) atoms. The molecule has 3 aromatic rings. The van der Waals surface area contributed by atoms with E-state index in [1.165, 1.54) is 18.2 Å². The molecule has 0 saturated carbocycles. The lowest BCUT2D eigenvalue weighted by Crippen LogP contribution is -2.48. The Bertz CT molecular complexity index is 1090. The Balaban J connectivity index is 1.51. The van der Waals surface area contributed by atoms with Gasteiger partial charge in [0.2, 0.25) is 5.91 Å². The normalized spacial score (nSPS) is 15.9. The highest BCUT2D eigenvalue weighted by molar-refractivity contribution is 5.97. The Labute approximate surface area is 192 Å². The van der Waals surface area contributed by atoms with Gasteiger partial charge in [0.05, 0.1) is 5.69 Å². The first-order valence-corrected chi connectivity index (χ1v) is 11.1. The minimum absolute atomic E-state index is 0.174. The molecule has 0 radical (unpaired) electrons. The van der Waals surface area contributed by atoms with Crippen molar-refractivity contribution in [3.8, 4) is 5.75 Å². The molecule has 1 fully saturated rings. The van der Waals surface area contributed by atoms with Crippen molar-refractivity contribution in [2.75, 3.05) is 6.54 Å². The fourth-order valence-electron chi connectivity index (χ4n) is 3.86. The summed E-state index contributed by atoms with van der Waals surface area (Å²) >= 11 is 0. The van der Waals surface area contributed by atoms with Gasteiger partial charge in [0, 0.05) is 24.8 Å². The summed E-state index contributed by atoms with van der Waals surface area (Å²) in [5.41, 5.74) is 1.90. The molecule has 2 heterocycles. The largest absolute Gasteiger partial charge is 0.487 e. The Kier molecular flexibility index (Phi) is 7.29. The van der Waals surface area contributed by atoms with Crippen LogP contribution in [0.3, 0.4) is 0 Å². The molecular weight excluding hydrogens is 421 g/mol. The minimum Gasteiger partial charge on any atom is -0.487 e. The average Bonchev–Trinajstić information content (AvgIpc) is 3.06. The molecule has 7 heteroatoms. The number of nitrogens with one attached hydrogen (secondary N) is 1. The summed E-state index contributed by atoms with van der Waals surface area (Å²) in [7, 11) is 0. The van der Waals surface area contributed by atoms with Gasteiger partial charge in [0.1, 0.15) is 24.2 Å². The molecule has 0 aliphatic carbocycles. The number of carbonyl (C=O) groups excluding carboxylic acids is 2. The molecule has 4 rings (SSSR count). The van der Waals surface area contributed by atoms with E-state index in [4.69, 9.17) is 4.74 Å². The molecule has 1 aliphatic heterocycles. The SMILES string of the molecule is O=C1NCCCC[C@@H]1N(Cc1ccc(OCc2ccccn2)cc1)C(=O)c1cccc(F)c1. The number of carbonyl (C=O) groups is 2. The van der Waals surface area contributed by atoms with Crippen LogP contribution in [0.2, 0.25) is 0 Å². The van der Waals surface area contributed by atoms with Crippen molar-refractivity contribution in [1.82, 2.24) is 15.2 Å². The maximum atomic E-state index is 13.8. The predicted molar refractivity (Wildman–Crippen MR) is 122 cm³/mol. The summed E-state index contributed by atoms with van der Waals surface area (Å²) in [6.07, 6.45) is 3.98. The van der Waals surface area contributed by atoms with Crippen LogP contribution in [0.15, 0.2) is 72.9 Å². The summed E-state index contributed by atoms with van der Waals surface area (Å²) in [6.45, 7) is 1.18. The molecule has 1 aromatic heterocycles. The fraction of sp³-hybridized carbons (Fsp3) is 0.269. The maximum absolute atomic E-state index is 13.8. The molecule has 1 atom stereocenters. The zero-order chi connectivity index (χ0) is 23.0. The molecule has 0 spiro atoms. The first kappa shape index (κ1) is 22.5. The Morgan fingerprint density at radius 2 is 1.94 bits per heavy atom. The molecule has 1 N–H and O–H groups in total. The second-order valence-corrected chi connectivity index (χ2v) is 8.00. The zero-order valence-electron chi connectivity index (χ0n) is 18.2. The third-order valence-electron chi connectivity index (χ3n) is 5.60. The van der Waals surface area contributed by atoms with Crippen LogP contribution in [0.1, 0.15) is 40.9 Å². The molecule has 2 amide bonds. The molecule has 1 aliphatic rings. The van der Waals surface area contributed by atoms with Crippen LogP contribution in [0.25, 0.3) is 0 Å². The van der Waals surface area contributed by atoms with E-state index in [1.807, 2.05) is 42.5 Å². The molecule has 1 saturated heterocycles. The predicted octanol–water partition coefficient (Wildman–Crippen LogP) is 4.11. The highest BCUT2D eigenvalue weighted by Crippen LogP contribution is 2.21. The summed E-state index contributed by atoms with van der Waals surface area (Å²) in [5, 5.41) is 2.89. The van der Waals surface area contributed by atoms with Crippen LogP contribution in [0.4, 0.5) is 4.39 Å². The molecule has 0 bridgehead atoms. The second-order valence-electron chi connectivity index (χ2n) is 8.00. The van der Waals surface area contributed by atoms with Crippen LogP contribution < -0.4 is 10.1 Å². The lowest BCUT2D eigenvalue weighted by molar-refractivity contribution is -0.125. The zero-order valence-corrected chi connectivity index (χ0v) is 18.2. The smallest absolute Gasteiger partial charge is 0.254 e. The van der Waals surface area contributed by atoms with Crippen LogP contribution in [0, 0.1) is 5.82 Å². The summed E-state index contributed by atoms with van der Waals surface area (Å²) in [6, 6.07) is 18.0. The summed E-state index contributed by atoms with van der Waals surface area (Å²) in [4.78, 5) is 31.8. The lowest BCUT2D eigenvalue weighted by atomic mass is 10.0. The van der Waals surface area contributed by atoms with E-state index in [9.17, 15) is 14.0 Å². The Morgan fingerprint density at radius 1 is 1.09 bits per heavy atom. The molecule has 2 aromatic carbocycles. The maximum Gasteiger partial charge on any atom is 0.254 e. The van der Waals surface area contributed by atoms with E-state index < -0.39 is 11.9 Å². The topological polar surface area (TPSA) is 71.5 Å². The monoisotopic (exact) mass is 447 g/mol. The van der Waals surface area contributed by atoms with Crippen LogP contribution in [-0.4, -0.2) is 34.3 Å². The summed E-state index contributed by atoms with van der Waals surface area (Å²) < 4.78 is 19.6. The number of hydrogen-bond acceptors (Lipinski definition) is 4. The number of pyridine rings is 1. The van der Waals surface area contributed by atoms with Gasteiger partial charge in [-0.05, 0) is 67.3 Å². The van der Waals surface area contributed by atoms with Crippen LogP contribution >= 0.6 is 0 Å². The lowest BCUT2D eigenvalue weighted by Gasteiger charge is -2.30. The number of hydrogen-bond donors (Lipinski definition) is 1. The number of benzene rings is 2. The van der Waals surface area contributed by atoms with E-state index in [0.29, 0.717) is 25.3 Å². The van der Waals surface area contributed by atoms with Gasteiger partial charge in [-0.1, -0.05) is 24.3 Å². The van der Waals surface area contributed by atoms with Gasteiger partial charge >= 0.3 is 0 Å². The standard InChI is InChI=1S/C26H26FN3O3/c27-21-7-5-6-20(16-21)26(32)30(24-9-2-4-15-29-25(24)31)17-19-10-12-23(13-11-19)33-18-22-8-1-3-14-28-22/h1,3,5-8,10-14,16,24H,2,4,9,15,17-18H2,(H,29,31)/t24-/m0/s1. The van der Waals surface area contributed by atoms with Crippen molar-refractivity contribution in [1.29, 1.82) is 0 Å². The number of rotatable bonds is 7. The van der Waals surface area contributed by atoms with Crippen molar-refractivity contribution < 1.29 is 18.7 Å². The fourth-order valence-corrected chi connectivity index (χ4v) is 3.86. The molecule has 6 nitrogen and oxygen atoms in total. The molecule has 0 unspecified atom stereocenters. The number of halogens is 1. The first-order valence-electron chi connectivity index (χ1n) is 11.1. The van der Waals surface area contributed by atoms with Crippen molar-refractivity contribution in [3.63, 3.8) is 0 Å². The van der Waals surface area contributed by atoms with Crippen molar-refractivity contribution in [3.05, 3.63) is 95.6 Å². The Hall–Kier alpha value is -3.74. The van der Waals surface area contributed by atoms with Gasteiger partial charge in [0.15, 0.2) is 0 Å². The van der Waals surface area contributed by atoms with Gasteiger partial charge < -0.3 is 15.0 Å². The number of ether oxygens (including phenoxy) is 1. The number of aromatic nitrogens is 1. The number of amides is 2. The van der Waals surface area contributed by atoms with Gasteiger partial charge in [-0.25, -0.2) is 4.39 Å². The third-order valence-corrected chi connectivity index (χ3v) is 5.60. The van der Waals surface area contributed by atoms with E-state index in [2.05, 4.69) is 10.3 Å². The molecular formula is C26H26FN3O3. The van der Waals surface area contributed by atoms with Crippen molar-refractivity contribution in [2.45, 2.75) is 38.5 Å². The van der Waals surface area contributed by atoms with Crippen LogP contribution in [-0.2, 0) is 17.9 Å². The quantitative estimate of drug-likeness (QED) is 0.592. The minimum atomic E-state index is -0.608. The average molecular weight is 448 g/mol. The van der Waals surface area contributed by atoms with Gasteiger partial charge in [-0.2, -0.15) is 0 Å². The van der Waals surface area contributed by atoms with E-state index in [1.54, 1.807) is 17.2 Å². The highest BCUT2D eigenvalue weighted by Gasteiger charge is 2.31. The van der Waals surface area contributed by atoms with Crippen molar-refractivity contribution >= 4 is 11.8 Å². The second kappa shape index (κ2) is 10.7. The van der Waals surface area contributed by atoms with E-state index in [0.717, 1.165) is 24.1 Å². The number of nitrogens with zero attached hydrogens (tertiary/aromatic N) is 2. The van der Waals surface area contributed by atoms with E-state index in [-0.39, 0.29) is 23.9 Å². The van der Waals surface area contributed by atoms with Crippen LogP contribution in [0.5, 0.6) is 5.75 Å². The highest BCUT2D eigenvalue weighted by atomic mass is 19.1. The molecule has 170 valence electrons. The van der Waals surface area contributed by atoms with Gasteiger partial charge in [-0.3, -0.25) is 14.6 Å². The summed E-state index contributed by atoms with van der Waals surface area (Å²) in [5.74, 6) is -0.347. The van der Waals surface area contributed by atoms with Gasteiger partial charge in [0.25, 0.3) is 5.91 Å². The van der Waals surface area contributed by atoms with Gasteiger partial charge in [-0.15, -0.1) is 0 Å².